The van der Waals surface area contributed by atoms with E-state index in [0.717, 1.165) is 13.0 Å². The first-order valence-electron chi connectivity index (χ1n) is 5.63. The van der Waals surface area contributed by atoms with Crippen molar-refractivity contribution < 1.29 is 9.47 Å². The third kappa shape index (κ3) is 3.26. The standard InChI is InChI=1S/C11H16ClN3O2S/c1-16-11(3-4-17-7-11)6-13-9-5-8(12)14-10(15-9)18-2/h5H,3-4,6-7H2,1-2H3,(H,13,14,15). The monoisotopic (exact) mass is 289 g/mol. The summed E-state index contributed by atoms with van der Waals surface area (Å²) in [6.45, 7) is 1.98. The summed E-state index contributed by atoms with van der Waals surface area (Å²) < 4.78 is 10.9. The molecule has 1 N–H and O–H groups in total. The van der Waals surface area contributed by atoms with Crippen LogP contribution in [0, 0.1) is 0 Å². The molecule has 0 spiro atoms. The van der Waals surface area contributed by atoms with Crippen molar-refractivity contribution in [2.24, 2.45) is 0 Å². The summed E-state index contributed by atoms with van der Waals surface area (Å²) >= 11 is 7.39. The van der Waals surface area contributed by atoms with Gasteiger partial charge in [0.15, 0.2) is 5.16 Å². The Hall–Kier alpha value is -0.560. The van der Waals surface area contributed by atoms with E-state index in [-0.39, 0.29) is 5.60 Å². The van der Waals surface area contributed by atoms with Crippen LogP contribution in [-0.2, 0) is 9.47 Å². The first kappa shape index (κ1) is 13.9. The summed E-state index contributed by atoms with van der Waals surface area (Å²) in [6.07, 6.45) is 2.79. The van der Waals surface area contributed by atoms with Crippen molar-refractivity contribution in [3.8, 4) is 0 Å². The summed E-state index contributed by atoms with van der Waals surface area (Å²) in [4.78, 5) is 8.43. The predicted octanol–water partition coefficient (Wildman–Crippen LogP) is 2.07. The predicted molar refractivity (Wildman–Crippen MR) is 72.5 cm³/mol. The van der Waals surface area contributed by atoms with Gasteiger partial charge in [-0.05, 0) is 6.26 Å². The second-order valence-corrected chi connectivity index (χ2v) is 5.27. The van der Waals surface area contributed by atoms with Crippen LogP contribution in [0.3, 0.4) is 0 Å². The fraction of sp³-hybridized carbons (Fsp3) is 0.636. The van der Waals surface area contributed by atoms with Crippen LogP contribution in [0.2, 0.25) is 5.15 Å². The summed E-state index contributed by atoms with van der Waals surface area (Å²) in [7, 11) is 1.70. The highest BCUT2D eigenvalue weighted by atomic mass is 35.5. The Bertz CT molecular complexity index is 413. The molecule has 1 aliphatic rings. The number of thioether (sulfide) groups is 1. The van der Waals surface area contributed by atoms with Crippen molar-refractivity contribution in [3.63, 3.8) is 0 Å². The molecule has 0 radical (unpaired) electrons. The minimum absolute atomic E-state index is 0.267. The van der Waals surface area contributed by atoms with Crippen molar-refractivity contribution in [1.29, 1.82) is 0 Å². The van der Waals surface area contributed by atoms with E-state index in [4.69, 9.17) is 21.1 Å². The van der Waals surface area contributed by atoms with Gasteiger partial charge in [0, 0.05) is 32.7 Å². The number of hydrogen-bond donors (Lipinski definition) is 1. The molecule has 1 aliphatic heterocycles. The summed E-state index contributed by atoms with van der Waals surface area (Å²) in [6, 6.07) is 1.71. The van der Waals surface area contributed by atoms with Gasteiger partial charge in [-0.25, -0.2) is 9.97 Å². The highest BCUT2D eigenvalue weighted by Gasteiger charge is 2.34. The van der Waals surface area contributed by atoms with Crippen LogP contribution in [0.25, 0.3) is 0 Å². The van der Waals surface area contributed by atoms with Crippen molar-refractivity contribution in [2.45, 2.75) is 17.2 Å². The Morgan fingerprint density at radius 3 is 3.06 bits per heavy atom. The van der Waals surface area contributed by atoms with Crippen LogP contribution in [0.1, 0.15) is 6.42 Å². The molecule has 1 aromatic heterocycles. The molecule has 18 heavy (non-hydrogen) atoms. The maximum Gasteiger partial charge on any atom is 0.190 e. The van der Waals surface area contributed by atoms with Gasteiger partial charge >= 0.3 is 0 Å². The fourth-order valence-electron chi connectivity index (χ4n) is 1.79. The molecule has 1 fully saturated rings. The number of ether oxygens (including phenoxy) is 2. The number of methoxy groups -OCH3 is 1. The number of nitrogens with one attached hydrogen (secondary N) is 1. The topological polar surface area (TPSA) is 56.3 Å². The molecule has 0 bridgehead atoms. The minimum atomic E-state index is -0.267. The molecule has 100 valence electrons. The Labute approximate surface area is 116 Å². The zero-order valence-electron chi connectivity index (χ0n) is 10.4. The lowest BCUT2D eigenvalue weighted by atomic mass is 10.0. The van der Waals surface area contributed by atoms with E-state index in [0.29, 0.717) is 29.3 Å². The molecular formula is C11H16ClN3O2S. The molecule has 0 aliphatic carbocycles. The van der Waals surface area contributed by atoms with E-state index < -0.39 is 0 Å². The van der Waals surface area contributed by atoms with Gasteiger partial charge in [0.05, 0.1) is 6.61 Å². The lowest BCUT2D eigenvalue weighted by molar-refractivity contribution is -0.00626. The molecule has 5 nitrogen and oxygen atoms in total. The first-order valence-corrected chi connectivity index (χ1v) is 7.23. The molecule has 0 amide bonds. The lowest BCUT2D eigenvalue weighted by Gasteiger charge is -2.26. The molecule has 0 saturated carbocycles. The number of anilines is 1. The van der Waals surface area contributed by atoms with Gasteiger partial charge in [0.1, 0.15) is 16.6 Å². The van der Waals surface area contributed by atoms with E-state index >= 15 is 0 Å². The zero-order chi connectivity index (χ0) is 13.0. The molecule has 1 saturated heterocycles. The van der Waals surface area contributed by atoms with Crippen LogP contribution in [0.15, 0.2) is 11.2 Å². The fourth-order valence-corrected chi connectivity index (χ4v) is 2.40. The van der Waals surface area contributed by atoms with Crippen LogP contribution in [0.4, 0.5) is 5.82 Å². The van der Waals surface area contributed by atoms with Crippen LogP contribution < -0.4 is 5.32 Å². The molecule has 2 rings (SSSR count). The summed E-state index contributed by atoms with van der Waals surface area (Å²) in [5.74, 6) is 0.711. The van der Waals surface area contributed by atoms with Gasteiger partial charge in [-0.3, -0.25) is 0 Å². The molecule has 1 unspecified atom stereocenters. The molecular weight excluding hydrogens is 274 g/mol. The van der Waals surface area contributed by atoms with Gasteiger partial charge in [-0.2, -0.15) is 0 Å². The highest BCUT2D eigenvalue weighted by Crippen LogP contribution is 2.24. The minimum Gasteiger partial charge on any atom is -0.378 e. The SMILES string of the molecule is COC1(CNc2cc(Cl)nc(SC)n2)CCOC1. The Morgan fingerprint density at radius 2 is 2.44 bits per heavy atom. The van der Waals surface area contributed by atoms with E-state index in [1.54, 1.807) is 13.2 Å². The van der Waals surface area contributed by atoms with Gasteiger partial charge in [-0.1, -0.05) is 23.4 Å². The smallest absolute Gasteiger partial charge is 0.190 e. The zero-order valence-corrected chi connectivity index (χ0v) is 12.0. The Morgan fingerprint density at radius 1 is 1.61 bits per heavy atom. The van der Waals surface area contributed by atoms with Gasteiger partial charge in [0.25, 0.3) is 0 Å². The van der Waals surface area contributed by atoms with E-state index in [9.17, 15) is 0 Å². The quantitative estimate of drug-likeness (QED) is 0.509. The molecule has 0 aromatic carbocycles. The first-order chi connectivity index (χ1) is 8.67. The van der Waals surface area contributed by atoms with Gasteiger partial charge in [-0.15, -0.1) is 0 Å². The highest BCUT2D eigenvalue weighted by molar-refractivity contribution is 7.98. The van der Waals surface area contributed by atoms with E-state index in [1.807, 2.05) is 6.26 Å². The van der Waals surface area contributed by atoms with Crippen LogP contribution in [0.5, 0.6) is 0 Å². The number of hydrogen-bond acceptors (Lipinski definition) is 6. The number of aromatic nitrogens is 2. The third-order valence-corrected chi connectivity index (χ3v) is 3.69. The lowest BCUT2D eigenvalue weighted by Crippen LogP contribution is -2.39. The average Bonchev–Trinajstić information content (AvgIpc) is 2.85. The normalized spacial score (nSPS) is 23.3. The van der Waals surface area contributed by atoms with Crippen molar-refractivity contribution in [2.75, 3.05) is 38.4 Å². The molecule has 7 heteroatoms. The largest absolute Gasteiger partial charge is 0.378 e. The van der Waals surface area contributed by atoms with Gasteiger partial charge in [0.2, 0.25) is 0 Å². The molecule has 1 aromatic rings. The van der Waals surface area contributed by atoms with Crippen molar-refractivity contribution >= 4 is 29.2 Å². The maximum atomic E-state index is 5.93. The number of rotatable bonds is 5. The van der Waals surface area contributed by atoms with Crippen molar-refractivity contribution in [1.82, 2.24) is 9.97 Å². The second-order valence-electron chi connectivity index (χ2n) is 4.11. The average molecular weight is 290 g/mol. The van der Waals surface area contributed by atoms with Gasteiger partial charge < -0.3 is 14.8 Å². The van der Waals surface area contributed by atoms with Crippen LogP contribution in [-0.4, -0.2) is 48.7 Å². The van der Waals surface area contributed by atoms with Crippen molar-refractivity contribution in [3.05, 3.63) is 11.2 Å². The Kier molecular flexibility index (Phi) is 4.66. The number of halogens is 1. The molecule has 2 heterocycles. The van der Waals surface area contributed by atoms with Crippen LogP contribution >= 0.6 is 23.4 Å². The van der Waals surface area contributed by atoms with E-state index in [2.05, 4.69) is 15.3 Å². The number of nitrogens with zero attached hydrogens (tertiary/aromatic N) is 2. The summed E-state index contributed by atoms with van der Waals surface area (Å²) in [5, 5.41) is 4.33. The second kappa shape index (κ2) is 6.06. The Balaban J connectivity index is 2.03. The summed E-state index contributed by atoms with van der Waals surface area (Å²) in [5.41, 5.74) is -0.267. The maximum absolute atomic E-state index is 5.93. The van der Waals surface area contributed by atoms with E-state index in [1.165, 1.54) is 11.8 Å². The molecule has 1 atom stereocenters. The third-order valence-electron chi connectivity index (χ3n) is 2.95.